The van der Waals surface area contributed by atoms with Crippen LogP contribution in [0.2, 0.25) is 5.02 Å². The molecule has 0 spiro atoms. The van der Waals surface area contributed by atoms with E-state index in [9.17, 15) is 5.26 Å². The van der Waals surface area contributed by atoms with Gasteiger partial charge in [0.05, 0.1) is 22.2 Å². The molecule has 25 heavy (non-hydrogen) atoms. The zero-order chi connectivity index (χ0) is 17.7. The predicted molar refractivity (Wildman–Crippen MR) is 102 cm³/mol. The van der Waals surface area contributed by atoms with Crippen molar-refractivity contribution in [3.63, 3.8) is 0 Å². The number of anilines is 2. The molecule has 5 nitrogen and oxygen atoms in total. The van der Waals surface area contributed by atoms with E-state index in [0.717, 1.165) is 48.6 Å². The highest BCUT2D eigenvalue weighted by Gasteiger charge is 2.31. The Morgan fingerprint density at radius 2 is 2.04 bits per heavy atom. The van der Waals surface area contributed by atoms with Crippen molar-refractivity contribution in [1.29, 1.82) is 5.26 Å². The summed E-state index contributed by atoms with van der Waals surface area (Å²) in [7, 11) is 1.82. The number of pyridine rings is 2. The Labute approximate surface area is 153 Å². The van der Waals surface area contributed by atoms with Gasteiger partial charge in [-0.05, 0) is 31.0 Å². The Kier molecular flexibility index (Phi) is 5.40. The first-order valence-corrected chi connectivity index (χ1v) is 8.99. The largest absolute Gasteiger partial charge is 0.373 e. The van der Waals surface area contributed by atoms with Crippen LogP contribution in [-0.2, 0) is 0 Å². The molecule has 0 bridgehead atoms. The lowest BCUT2D eigenvalue weighted by Crippen LogP contribution is -2.30. The van der Waals surface area contributed by atoms with Gasteiger partial charge >= 0.3 is 0 Å². The molecule has 2 N–H and O–H groups in total. The number of halogens is 1. The van der Waals surface area contributed by atoms with Crippen LogP contribution in [0.4, 0.5) is 11.6 Å². The Morgan fingerprint density at radius 1 is 1.24 bits per heavy atom. The summed E-state index contributed by atoms with van der Waals surface area (Å²) in [5, 5.41) is 16.5. The molecule has 1 aliphatic carbocycles. The highest BCUT2D eigenvalue weighted by Crippen LogP contribution is 2.36. The van der Waals surface area contributed by atoms with E-state index in [0.29, 0.717) is 11.6 Å². The maximum atomic E-state index is 9.60. The van der Waals surface area contributed by atoms with Gasteiger partial charge in [0.2, 0.25) is 0 Å². The maximum absolute atomic E-state index is 9.60. The van der Waals surface area contributed by atoms with Crippen molar-refractivity contribution in [1.82, 2.24) is 9.97 Å². The minimum atomic E-state index is -0.274. The topological polar surface area (TPSA) is 73.6 Å². The van der Waals surface area contributed by atoms with Crippen molar-refractivity contribution >= 4 is 23.2 Å². The van der Waals surface area contributed by atoms with E-state index >= 15 is 0 Å². The molecule has 0 aliphatic heterocycles. The number of aromatic nitrogens is 2. The molecule has 0 amide bonds. The van der Waals surface area contributed by atoms with Gasteiger partial charge in [-0.25, -0.2) is 9.97 Å². The van der Waals surface area contributed by atoms with Crippen LogP contribution >= 0.6 is 11.6 Å². The van der Waals surface area contributed by atoms with Crippen molar-refractivity contribution in [3.8, 4) is 17.3 Å². The first-order chi connectivity index (χ1) is 12.2. The highest BCUT2D eigenvalue weighted by molar-refractivity contribution is 6.33. The average molecular weight is 356 g/mol. The van der Waals surface area contributed by atoms with E-state index in [2.05, 4.69) is 26.7 Å². The standard InChI is InChI=1S/C19H22ClN5/c1-22-18-10-14(15(20)11-23-18)16-6-5-7-17(25-16)24-13-19(12-21)8-3-2-4-9-19/h5-7,10-11H,2-4,8-9,13H2,1H3,(H,22,23)(H,24,25). The van der Waals surface area contributed by atoms with Gasteiger partial charge in [-0.15, -0.1) is 0 Å². The lowest BCUT2D eigenvalue weighted by atomic mass is 9.75. The Bertz CT molecular complexity index is 778. The summed E-state index contributed by atoms with van der Waals surface area (Å²) in [4.78, 5) is 8.87. The van der Waals surface area contributed by atoms with Gasteiger partial charge in [0.25, 0.3) is 0 Å². The fraction of sp³-hybridized carbons (Fsp3) is 0.421. The monoisotopic (exact) mass is 355 g/mol. The van der Waals surface area contributed by atoms with Gasteiger partial charge in [-0.2, -0.15) is 5.26 Å². The van der Waals surface area contributed by atoms with E-state index in [4.69, 9.17) is 11.6 Å². The minimum absolute atomic E-state index is 0.274. The molecule has 0 saturated heterocycles. The molecule has 3 rings (SSSR count). The minimum Gasteiger partial charge on any atom is -0.373 e. The second-order valence-electron chi connectivity index (χ2n) is 6.51. The number of hydrogen-bond donors (Lipinski definition) is 2. The number of hydrogen-bond acceptors (Lipinski definition) is 5. The average Bonchev–Trinajstić information content (AvgIpc) is 2.68. The molecular formula is C19H22ClN5. The molecule has 6 heteroatoms. The molecule has 2 heterocycles. The fourth-order valence-electron chi connectivity index (χ4n) is 3.27. The number of nitrogens with zero attached hydrogens (tertiary/aromatic N) is 3. The molecule has 0 radical (unpaired) electrons. The molecule has 1 fully saturated rings. The maximum Gasteiger partial charge on any atom is 0.126 e. The normalized spacial score (nSPS) is 16.0. The van der Waals surface area contributed by atoms with Gasteiger partial charge in [0, 0.05) is 25.4 Å². The summed E-state index contributed by atoms with van der Waals surface area (Å²) in [5.74, 6) is 1.50. The second kappa shape index (κ2) is 7.71. The summed E-state index contributed by atoms with van der Waals surface area (Å²) >= 11 is 6.29. The lowest BCUT2D eigenvalue weighted by molar-refractivity contribution is 0.284. The van der Waals surface area contributed by atoms with Crippen LogP contribution in [0, 0.1) is 16.7 Å². The predicted octanol–water partition coefficient (Wildman–Crippen LogP) is 4.72. The first-order valence-electron chi connectivity index (χ1n) is 8.62. The van der Waals surface area contributed by atoms with Crippen LogP contribution in [0.25, 0.3) is 11.3 Å². The molecule has 0 aromatic carbocycles. The van der Waals surface area contributed by atoms with Crippen LogP contribution in [0.1, 0.15) is 32.1 Å². The van der Waals surface area contributed by atoms with Crippen LogP contribution in [0.15, 0.2) is 30.5 Å². The second-order valence-corrected chi connectivity index (χ2v) is 6.92. The van der Waals surface area contributed by atoms with Crippen LogP contribution in [-0.4, -0.2) is 23.6 Å². The summed E-state index contributed by atoms with van der Waals surface area (Å²) < 4.78 is 0. The van der Waals surface area contributed by atoms with Gasteiger partial charge in [0.15, 0.2) is 0 Å². The van der Waals surface area contributed by atoms with Crippen molar-refractivity contribution in [2.45, 2.75) is 32.1 Å². The molecule has 2 aromatic rings. The number of nitrogens with one attached hydrogen (secondary N) is 2. The SMILES string of the molecule is CNc1cc(-c2cccc(NCC3(C#N)CCCCC3)n2)c(Cl)cn1. The summed E-state index contributed by atoms with van der Waals surface area (Å²) in [6.07, 6.45) is 7.02. The Morgan fingerprint density at radius 3 is 2.76 bits per heavy atom. The molecular weight excluding hydrogens is 334 g/mol. The first kappa shape index (κ1) is 17.5. The quantitative estimate of drug-likeness (QED) is 0.811. The molecule has 0 unspecified atom stereocenters. The van der Waals surface area contributed by atoms with Crippen LogP contribution < -0.4 is 10.6 Å². The van der Waals surface area contributed by atoms with E-state index in [1.54, 1.807) is 6.20 Å². The highest BCUT2D eigenvalue weighted by atomic mass is 35.5. The summed E-state index contributed by atoms with van der Waals surface area (Å²) in [5.41, 5.74) is 1.34. The third kappa shape index (κ3) is 4.02. The molecule has 0 atom stereocenters. The molecule has 130 valence electrons. The van der Waals surface area contributed by atoms with Gasteiger partial charge in [-0.1, -0.05) is 36.9 Å². The fourth-order valence-corrected chi connectivity index (χ4v) is 3.47. The van der Waals surface area contributed by atoms with Crippen molar-refractivity contribution in [2.24, 2.45) is 5.41 Å². The third-order valence-corrected chi connectivity index (χ3v) is 5.09. The van der Waals surface area contributed by atoms with Crippen molar-refractivity contribution < 1.29 is 0 Å². The van der Waals surface area contributed by atoms with Gasteiger partial charge < -0.3 is 10.6 Å². The van der Waals surface area contributed by atoms with E-state index in [-0.39, 0.29) is 5.41 Å². The van der Waals surface area contributed by atoms with E-state index < -0.39 is 0 Å². The van der Waals surface area contributed by atoms with Gasteiger partial charge in [-0.3, -0.25) is 0 Å². The number of nitriles is 1. The molecule has 1 saturated carbocycles. The number of rotatable bonds is 5. The Hall–Kier alpha value is -2.32. The van der Waals surface area contributed by atoms with Crippen LogP contribution in [0.3, 0.4) is 0 Å². The molecule has 1 aliphatic rings. The third-order valence-electron chi connectivity index (χ3n) is 4.79. The summed E-state index contributed by atoms with van der Waals surface area (Å²) in [6.45, 7) is 0.631. The van der Waals surface area contributed by atoms with Crippen LogP contribution in [0.5, 0.6) is 0 Å². The smallest absolute Gasteiger partial charge is 0.126 e. The van der Waals surface area contributed by atoms with Crippen molar-refractivity contribution in [2.75, 3.05) is 24.2 Å². The lowest BCUT2D eigenvalue weighted by Gasteiger charge is -2.30. The zero-order valence-electron chi connectivity index (χ0n) is 14.3. The Balaban J connectivity index is 1.79. The zero-order valence-corrected chi connectivity index (χ0v) is 15.1. The molecule has 2 aromatic heterocycles. The summed E-state index contributed by atoms with van der Waals surface area (Å²) in [6, 6.07) is 10.2. The van der Waals surface area contributed by atoms with E-state index in [1.165, 1.54) is 6.42 Å². The van der Waals surface area contributed by atoms with E-state index in [1.807, 2.05) is 31.3 Å². The van der Waals surface area contributed by atoms with Crippen molar-refractivity contribution in [3.05, 3.63) is 35.5 Å². The van der Waals surface area contributed by atoms with Gasteiger partial charge in [0.1, 0.15) is 11.6 Å².